The Labute approximate surface area is 97.4 Å². The molecule has 0 bridgehead atoms. The molecule has 0 saturated heterocycles. The lowest BCUT2D eigenvalue weighted by Gasteiger charge is -2.27. The van der Waals surface area contributed by atoms with Crippen LogP contribution >= 0.6 is 35.0 Å². The molecule has 0 aromatic heterocycles. The second-order valence-corrected chi connectivity index (χ2v) is 5.54. The average molecular weight is 249 g/mol. The summed E-state index contributed by atoms with van der Waals surface area (Å²) in [6.45, 7) is 2.01. The number of fused-ring (bicyclic) bond motifs is 1. The van der Waals surface area contributed by atoms with E-state index in [1.807, 2.05) is 13.0 Å². The minimum atomic E-state index is -0.432. The van der Waals surface area contributed by atoms with Crippen LogP contribution in [0.25, 0.3) is 0 Å². The van der Waals surface area contributed by atoms with Crippen molar-refractivity contribution < 1.29 is 5.11 Å². The summed E-state index contributed by atoms with van der Waals surface area (Å²) in [5, 5.41) is 11.3. The van der Waals surface area contributed by atoms with Crippen molar-refractivity contribution in [2.75, 3.05) is 0 Å². The number of hydrogen-bond acceptors (Lipinski definition) is 2. The van der Waals surface area contributed by atoms with Crippen LogP contribution in [0.4, 0.5) is 0 Å². The summed E-state index contributed by atoms with van der Waals surface area (Å²) in [6.07, 6.45) is -0.432. The van der Waals surface area contributed by atoms with Crippen LogP contribution in [0.3, 0.4) is 0 Å². The van der Waals surface area contributed by atoms with Crippen LogP contribution in [0.2, 0.25) is 10.0 Å². The molecule has 2 rings (SSSR count). The molecule has 0 radical (unpaired) electrons. The maximum atomic E-state index is 9.92. The van der Waals surface area contributed by atoms with E-state index in [2.05, 4.69) is 0 Å². The molecule has 1 aliphatic heterocycles. The molecule has 0 saturated carbocycles. The summed E-state index contributed by atoms with van der Waals surface area (Å²) in [5.74, 6) is 0.826. The molecule has 2 unspecified atom stereocenters. The lowest BCUT2D eigenvalue weighted by molar-refractivity contribution is 0.177. The molecule has 0 spiro atoms. The highest BCUT2D eigenvalue weighted by Crippen LogP contribution is 2.42. The van der Waals surface area contributed by atoms with E-state index in [0.29, 0.717) is 10.0 Å². The van der Waals surface area contributed by atoms with E-state index in [-0.39, 0.29) is 5.25 Å². The van der Waals surface area contributed by atoms with Gasteiger partial charge in [-0.25, -0.2) is 0 Å². The average Bonchev–Trinajstić information content (AvgIpc) is 2.17. The Kier molecular flexibility index (Phi) is 2.98. The van der Waals surface area contributed by atoms with Crippen LogP contribution in [-0.4, -0.2) is 10.4 Å². The van der Waals surface area contributed by atoms with Crippen molar-refractivity contribution in [3.63, 3.8) is 0 Å². The van der Waals surface area contributed by atoms with Crippen LogP contribution < -0.4 is 0 Å². The molecule has 0 fully saturated rings. The first-order valence-corrected chi connectivity index (χ1v) is 6.18. The van der Waals surface area contributed by atoms with Gasteiger partial charge in [0.15, 0.2) is 0 Å². The number of aliphatic hydroxyl groups excluding tert-OH is 1. The number of aliphatic hydroxyl groups is 1. The molecule has 0 aliphatic carbocycles. The summed E-state index contributed by atoms with van der Waals surface area (Å²) < 4.78 is 0. The van der Waals surface area contributed by atoms with Crippen LogP contribution in [-0.2, 0) is 5.75 Å². The maximum absolute atomic E-state index is 9.92. The van der Waals surface area contributed by atoms with Gasteiger partial charge in [-0.2, -0.15) is 11.8 Å². The quantitative estimate of drug-likeness (QED) is 0.757. The van der Waals surface area contributed by atoms with Gasteiger partial charge in [0.05, 0.1) is 16.1 Å². The van der Waals surface area contributed by atoms with Crippen molar-refractivity contribution in [2.45, 2.75) is 24.0 Å². The summed E-state index contributed by atoms with van der Waals surface area (Å²) >= 11 is 13.7. The molecule has 1 N–H and O–H groups in total. The van der Waals surface area contributed by atoms with Gasteiger partial charge in [0.2, 0.25) is 0 Å². The third kappa shape index (κ3) is 1.65. The van der Waals surface area contributed by atoms with E-state index in [0.717, 1.165) is 16.9 Å². The monoisotopic (exact) mass is 248 g/mol. The Morgan fingerprint density at radius 3 is 2.86 bits per heavy atom. The van der Waals surface area contributed by atoms with Crippen molar-refractivity contribution >= 4 is 35.0 Å². The minimum absolute atomic E-state index is 0.222. The fraction of sp³-hybridized carbons (Fsp3) is 0.400. The smallest absolute Gasteiger partial charge is 0.0909 e. The van der Waals surface area contributed by atoms with Crippen LogP contribution in [0.1, 0.15) is 24.2 Å². The highest BCUT2D eigenvalue weighted by molar-refractivity contribution is 7.99. The molecule has 1 aromatic rings. The van der Waals surface area contributed by atoms with E-state index in [1.165, 1.54) is 0 Å². The Morgan fingerprint density at radius 2 is 2.14 bits per heavy atom. The molecule has 0 amide bonds. The molecule has 1 heterocycles. The fourth-order valence-electron chi connectivity index (χ4n) is 1.59. The van der Waals surface area contributed by atoms with Gasteiger partial charge in [0, 0.05) is 11.0 Å². The van der Waals surface area contributed by atoms with E-state index >= 15 is 0 Å². The second-order valence-electron chi connectivity index (χ2n) is 3.39. The SMILES string of the molecule is CC1SCc2c(ccc(Cl)c2Cl)C1O. The highest BCUT2D eigenvalue weighted by Gasteiger charge is 2.27. The molecular formula is C10H10Cl2OS. The molecule has 1 nitrogen and oxygen atoms in total. The second kappa shape index (κ2) is 3.93. The van der Waals surface area contributed by atoms with Gasteiger partial charge < -0.3 is 5.11 Å². The van der Waals surface area contributed by atoms with E-state index in [1.54, 1.807) is 17.8 Å². The summed E-state index contributed by atoms with van der Waals surface area (Å²) in [7, 11) is 0. The van der Waals surface area contributed by atoms with Crippen molar-refractivity contribution in [2.24, 2.45) is 0 Å². The van der Waals surface area contributed by atoms with Gasteiger partial charge in [-0.15, -0.1) is 0 Å². The number of halogens is 2. The van der Waals surface area contributed by atoms with E-state index in [9.17, 15) is 5.11 Å². The Balaban J connectivity index is 2.53. The zero-order valence-electron chi connectivity index (χ0n) is 7.63. The normalized spacial score (nSPS) is 26.0. The van der Waals surface area contributed by atoms with Gasteiger partial charge in [0.1, 0.15) is 0 Å². The van der Waals surface area contributed by atoms with Crippen LogP contribution in [0, 0.1) is 0 Å². The largest absolute Gasteiger partial charge is 0.387 e. The molecule has 1 aliphatic rings. The molecule has 76 valence electrons. The summed E-state index contributed by atoms with van der Waals surface area (Å²) in [6, 6.07) is 3.61. The molecule has 4 heteroatoms. The highest BCUT2D eigenvalue weighted by atomic mass is 35.5. The Morgan fingerprint density at radius 1 is 1.43 bits per heavy atom. The Bertz CT molecular complexity index is 367. The molecule has 14 heavy (non-hydrogen) atoms. The van der Waals surface area contributed by atoms with E-state index < -0.39 is 6.10 Å². The van der Waals surface area contributed by atoms with Gasteiger partial charge in [-0.1, -0.05) is 36.2 Å². The van der Waals surface area contributed by atoms with Gasteiger partial charge >= 0.3 is 0 Å². The zero-order valence-corrected chi connectivity index (χ0v) is 9.96. The molecular weight excluding hydrogens is 239 g/mol. The Hall–Kier alpha value is 0.110. The number of hydrogen-bond donors (Lipinski definition) is 1. The molecule has 1 aromatic carbocycles. The number of benzene rings is 1. The van der Waals surface area contributed by atoms with Crippen molar-refractivity contribution in [1.29, 1.82) is 0 Å². The number of rotatable bonds is 0. The maximum Gasteiger partial charge on any atom is 0.0909 e. The van der Waals surface area contributed by atoms with Gasteiger partial charge in [-0.05, 0) is 17.2 Å². The van der Waals surface area contributed by atoms with Crippen LogP contribution in [0.5, 0.6) is 0 Å². The predicted molar refractivity (Wildman–Crippen MR) is 62.2 cm³/mol. The lowest BCUT2D eigenvalue weighted by atomic mass is 10.0. The summed E-state index contributed by atoms with van der Waals surface area (Å²) in [4.78, 5) is 0. The van der Waals surface area contributed by atoms with Gasteiger partial charge in [-0.3, -0.25) is 0 Å². The minimum Gasteiger partial charge on any atom is -0.387 e. The topological polar surface area (TPSA) is 20.2 Å². The lowest BCUT2D eigenvalue weighted by Crippen LogP contribution is -2.18. The van der Waals surface area contributed by atoms with Crippen molar-refractivity contribution in [1.82, 2.24) is 0 Å². The van der Waals surface area contributed by atoms with Crippen LogP contribution in [0.15, 0.2) is 12.1 Å². The first kappa shape index (κ1) is 10.6. The first-order valence-electron chi connectivity index (χ1n) is 4.37. The predicted octanol–water partition coefficient (Wildman–Crippen LogP) is 3.66. The fourth-order valence-corrected chi connectivity index (χ4v) is 3.15. The van der Waals surface area contributed by atoms with Crippen molar-refractivity contribution in [3.8, 4) is 0 Å². The third-order valence-corrected chi connectivity index (χ3v) is 4.57. The van der Waals surface area contributed by atoms with E-state index in [4.69, 9.17) is 23.2 Å². The molecule has 2 atom stereocenters. The standard InChI is InChI=1S/C10H10Cl2OS/c1-5-10(13)6-2-3-8(11)9(12)7(6)4-14-5/h2-3,5,10,13H,4H2,1H3. The number of thioether (sulfide) groups is 1. The zero-order chi connectivity index (χ0) is 10.3. The summed E-state index contributed by atoms with van der Waals surface area (Å²) in [5.41, 5.74) is 1.90. The first-order chi connectivity index (χ1) is 6.61. The van der Waals surface area contributed by atoms with Gasteiger partial charge in [0.25, 0.3) is 0 Å². The third-order valence-electron chi connectivity index (χ3n) is 2.49. The van der Waals surface area contributed by atoms with Crippen molar-refractivity contribution in [3.05, 3.63) is 33.3 Å².